The molecule has 2 atom stereocenters. The topological polar surface area (TPSA) is 72.2 Å². The third-order valence-corrected chi connectivity index (χ3v) is 6.73. The van der Waals surface area contributed by atoms with E-state index in [0.29, 0.717) is 26.1 Å². The molecule has 3 rings (SSSR count). The Morgan fingerprint density at radius 3 is 2.46 bits per heavy atom. The molecule has 2 saturated carbocycles. The highest BCUT2D eigenvalue weighted by molar-refractivity contribution is 7.20. The molecule has 3 N–H and O–H groups in total. The Kier molecular flexibility index (Phi) is 5.85. The van der Waals surface area contributed by atoms with Gasteiger partial charge in [-0.15, -0.1) is 11.3 Å². The van der Waals surface area contributed by atoms with Gasteiger partial charge in [0.15, 0.2) is 5.78 Å². The van der Waals surface area contributed by atoms with Crippen LogP contribution in [0.3, 0.4) is 0 Å². The monoisotopic (exact) mass is 388 g/mol. The summed E-state index contributed by atoms with van der Waals surface area (Å²) in [6.45, 7) is 0. The first-order valence-electron chi connectivity index (χ1n) is 8.47. The average Bonchev–Trinajstić information content (AvgIpc) is 2.84. The van der Waals surface area contributed by atoms with E-state index in [4.69, 9.17) is 28.9 Å². The Bertz CT molecular complexity index is 620. The van der Waals surface area contributed by atoms with Crippen LogP contribution in [0.5, 0.6) is 0 Å². The smallest absolute Gasteiger partial charge is 0.220 e. The van der Waals surface area contributed by atoms with E-state index in [0.717, 1.165) is 25.7 Å². The third kappa shape index (κ3) is 4.13. The normalized spacial score (nSPS) is 29.3. The minimum Gasteiger partial charge on any atom is -0.353 e. The van der Waals surface area contributed by atoms with Gasteiger partial charge in [-0.2, -0.15) is 0 Å². The van der Waals surface area contributed by atoms with Crippen molar-refractivity contribution < 1.29 is 9.59 Å². The second-order valence-corrected chi connectivity index (χ2v) is 9.22. The number of carbonyl (C=O) groups is 2. The molecule has 2 bridgehead atoms. The Morgan fingerprint density at radius 2 is 1.88 bits per heavy atom. The van der Waals surface area contributed by atoms with Crippen LogP contribution in [0.2, 0.25) is 8.67 Å². The first-order valence-corrected chi connectivity index (χ1v) is 10.0. The molecule has 2 aliphatic carbocycles. The molecule has 1 aromatic rings. The maximum absolute atomic E-state index is 12.3. The summed E-state index contributed by atoms with van der Waals surface area (Å²) in [5.41, 5.74) is 6.53. The van der Waals surface area contributed by atoms with Crippen molar-refractivity contribution in [3.8, 4) is 0 Å². The van der Waals surface area contributed by atoms with Gasteiger partial charge in [0.05, 0.1) is 4.34 Å². The summed E-state index contributed by atoms with van der Waals surface area (Å²) in [4.78, 5) is 24.5. The molecular formula is C17H22Cl2N2O2S. The van der Waals surface area contributed by atoms with Crippen molar-refractivity contribution in [1.29, 1.82) is 0 Å². The standard InChI is InChI=1S/C17H22Cl2N2O2S/c18-14-8-12(17(19)24-14)13(22)4-5-15(23)21-16-9-2-1-3-10(16)7-11(20)6-9/h8-11,16H,1-7,20H2,(H,21,23). The fourth-order valence-electron chi connectivity index (χ4n) is 4.17. The minimum atomic E-state index is -0.135. The molecule has 1 amide bonds. The van der Waals surface area contributed by atoms with Gasteiger partial charge in [-0.1, -0.05) is 29.6 Å². The molecule has 0 spiro atoms. The number of carbonyl (C=O) groups excluding carboxylic acids is 2. The SMILES string of the molecule is NC1CC2CCCC(C1)C2NC(=O)CCC(=O)c1cc(Cl)sc1Cl. The zero-order valence-corrected chi connectivity index (χ0v) is 15.7. The first kappa shape index (κ1) is 18.2. The number of thiophene rings is 1. The molecule has 0 saturated heterocycles. The minimum absolute atomic E-state index is 0.0572. The first-order chi connectivity index (χ1) is 11.4. The lowest BCUT2D eigenvalue weighted by molar-refractivity contribution is -0.123. The Hall–Kier alpha value is -0.620. The van der Waals surface area contributed by atoms with E-state index in [9.17, 15) is 9.59 Å². The third-order valence-electron chi connectivity index (χ3n) is 5.24. The van der Waals surface area contributed by atoms with Crippen molar-refractivity contribution in [1.82, 2.24) is 5.32 Å². The summed E-state index contributed by atoms with van der Waals surface area (Å²) in [5, 5.41) is 3.16. The van der Waals surface area contributed by atoms with Crippen molar-refractivity contribution in [2.75, 3.05) is 0 Å². The van der Waals surface area contributed by atoms with E-state index in [-0.39, 0.29) is 36.6 Å². The van der Waals surface area contributed by atoms with Gasteiger partial charge in [0.1, 0.15) is 4.34 Å². The number of nitrogens with one attached hydrogen (secondary N) is 1. The van der Waals surface area contributed by atoms with Crippen LogP contribution in [0, 0.1) is 11.8 Å². The Labute approximate surface area is 156 Å². The molecule has 0 aliphatic heterocycles. The molecule has 24 heavy (non-hydrogen) atoms. The lowest BCUT2D eigenvalue weighted by Gasteiger charge is -2.45. The summed E-state index contributed by atoms with van der Waals surface area (Å²) in [6.07, 6.45) is 5.82. The number of amides is 1. The average molecular weight is 389 g/mol. The number of nitrogens with two attached hydrogens (primary N) is 1. The van der Waals surface area contributed by atoms with Crippen LogP contribution in [0.1, 0.15) is 55.3 Å². The van der Waals surface area contributed by atoms with Gasteiger partial charge in [0.2, 0.25) is 5.91 Å². The number of hydrogen-bond donors (Lipinski definition) is 2. The fourth-order valence-corrected chi connectivity index (χ4v) is 5.67. The molecule has 7 heteroatoms. The van der Waals surface area contributed by atoms with Crippen LogP contribution in [0.4, 0.5) is 0 Å². The molecular weight excluding hydrogens is 367 g/mol. The van der Waals surface area contributed by atoms with Crippen LogP contribution in [-0.2, 0) is 4.79 Å². The lowest BCUT2D eigenvalue weighted by atomic mass is 9.67. The molecule has 0 radical (unpaired) electrons. The largest absolute Gasteiger partial charge is 0.353 e. The zero-order valence-electron chi connectivity index (χ0n) is 13.4. The van der Waals surface area contributed by atoms with Crippen LogP contribution < -0.4 is 11.1 Å². The molecule has 132 valence electrons. The molecule has 1 heterocycles. The van der Waals surface area contributed by atoms with Crippen LogP contribution in [0.25, 0.3) is 0 Å². The quantitative estimate of drug-likeness (QED) is 0.747. The number of Topliss-reactive ketones (excluding diaryl/α,β-unsaturated/α-hetero) is 1. The second-order valence-electron chi connectivity index (χ2n) is 6.94. The van der Waals surface area contributed by atoms with Gasteiger partial charge >= 0.3 is 0 Å². The number of halogens is 2. The lowest BCUT2D eigenvalue weighted by Crippen LogP contribution is -2.53. The summed E-state index contributed by atoms with van der Waals surface area (Å²) in [7, 11) is 0. The van der Waals surface area contributed by atoms with E-state index in [1.54, 1.807) is 6.07 Å². The van der Waals surface area contributed by atoms with E-state index < -0.39 is 0 Å². The number of rotatable bonds is 5. The van der Waals surface area contributed by atoms with Gasteiger partial charge in [-0.25, -0.2) is 0 Å². The maximum atomic E-state index is 12.3. The van der Waals surface area contributed by atoms with Crippen molar-refractivity contribution in [2.45, 2.75) is 57.0 Å². The molecule has 2 unspecified atom stereocenters. The number of ketones is 1. The highest BCUT2D eigenvalue weighted by atomic mass is 35.5. The molecule has 2 aliphatic rings. The summed E-state index contributed by atoms with van der Waals surface area (Å²) >= 11 is 13.0. The molecule has 4 nitrogen and oxygen atoms in total. The van der Waals surface area contributed by atoms with E-state index >= 15 is 0 Å². The van der Waals surface area contributed by atoms with E-state index in [2.05, 4.69) is 5.32 Å². The van der Waals surface area contributed by atoms with Crippen LogP contribution in [0.15, 0.2) is 6.07 Å². The zero-order chi connectivity index (χ0) is 17.3. The highest BCUT2D eigenvalue weighted by Gasteiger charge is 2.39. The van der Waals surface area contributed by atoms with Crippen molar-refractivity contribution in [2.24, 2.45) is 17.6 Å². The number of fused-ring (bicyclic) bond motifs is 2. The van der Waals surface area contributed by atoms with Gasteiger partial charge in [-0.3, -0.25) is 9.59 Å². The van der Waals surface area contributed by atoms with Crippen molar-refractivity contribution >= 4 is 46.2 Å². The van der Waals surface area contributed by atoms with Crippen LogP contribution in [-0.4, -0.2) is 23.8 Å². The van der Waals surface area contributed by atoms with Crippen molar-refractivity contribution in [3.63, 3.8) is 0 Å². The Morgan fingerprint density at radius 1 is 1.21 bits per heavy atom. The van der Waals surface area contributed by atoms with E-state index in [1.807, 2.05) is 0 Å². The predicted molar refractivity (Wildman–Crippen MR) is 97.9 cm³/mol. The molecule has 0 aromatic carbocycles. The highest BCUT2D eigenvalue weighted by Crippen LogP contribution is 2.39. The van der Waals surface area contributed by atoms with Gasteiger partial charge < -0.3 is 11.1 Å². The van der Waals surface area contributed by atoms with Gasteiger partial charge in [0, 0.05) is 30.5 Å². The second kappa shape index (κ2) is 7.73. The fraction of sp³-hybridized carbons (Fsp3) is 0.647. The van der Waals surface area contributed by atoms with Gasteiger partial charge in [0.25, 0.3) is 0 Å². The predicted octanol–water partition coefficient (Wildman–Crippen LogP) is 4.04. The molecule has 1 aromatic heterocycles. The molecule has 2 fully saturated rings. The maximum Gasteiger partial charge on any atom is 0.220 e. The summed E-state index contributed by atoms with van der Waals surface area (Å²) in [5.74, 6) is 0.775. The Balaban J connectivity index is 1.52. The van der Waals surface area contributed by atoms with Crippen molar-refractivity contribution in [3.05, 3.63) is 20.3 Å². The summed E-state index contributed by atoms with van der Waals surface area (Å²) in [6, 6.07) is 2.06. The van der Waals surface area contributed by atoms with E-state index in [1.165, 1.54) is 17.8 Å². The van der Waals surface area contributed by atoms with Crippen LogP contribution >= 0.6 is 34.5 Å². The summed E-state index contributed by atoms with van der Waals surface area (Å²) < 4.78 is 0.875. The van der Waals surface area contributed by atoms with Gasteiger partial charge in [-0.05, 0) is 43.6 Å². The number of hydrogen-bond acceptors (Lipinski definition) is 4.